The zero-order valence-corrected chi connectivity index (χ0v) is 9.88. The van der Waals surface area contributed by atoms with Crippen molar-refractivity contribution in [2.45, 2.75) is 38.8 Å². The minimum Gasteiger partial charge on any atom is -0.375 e. The van der Waals surface area contributed by atoms with E-state index < -0.39 is 0 Å². The Labute approximate surface area is 94.8 Å². The van der Waals surface area contributed by atoms with E-state index in [0.29, 0.717) is 17.7 Å². The molecule has 5 nitrogen and oxygen atoms in total. The van der Waals surface area contributed by atoms with Crippen molar-refractivity contribution in [2.24, 2.45) is 5.92 Å². The number of methoxy groups -OCH3 is 1. The molecular formula is C11H17N3O2. The van der Waals surface area contributed by atoms with Crippen molar-refractivity contribution in [1.29, 1.82) is 0 Å². The van der Waals surface area contributed by atoms with E-state index in [4.69, 9.17) is 4.74 Å². The lowest BCUT2D eigenvalue weighted by atomic mass is 10.1. The van der Waals surface area contributed by atoms with Gasteiger partial charge in [0.05, 0.1) is 17.8 Å². The lowest BCUT2D eigenvalue weighted by molar-refractivity contribution is 0.103. The van der Waals surface area contributed by atoms with Gasteiger partial charge in [-0.05, 0) is 32.6 Å². The summed E-state index contributed by atoms with van der Waals surface area (Å²) in [5.41, 5.74) is 1.18. The van der Waals surface area contributed by atoms with E-state index in [9.17, 15) is 4.79 Å². The molecule has 1 aromatic rings. The second kappa shape index (κ2) is 4.33. The third-order valence-corrected chi connectivity index (χ3v) is 3.30. The van der Waals surface area contributed by atoms with Crippen molar-refractivity contribution in [3.8, 4) is 0 Å². The number of carbonyl (C=O) groups excluding carboxylic acids is 1. The Bertz CT molecular complexity index is 385. The van der Waals surface area contributed by atoms with Gasteiger partial charge in [0.15, 0.2) is 12.0 Å². The Morgan fingerprint density at radius 2 is 2.19 bits per heavy atom. The van der Waals surface area contributed by atoms with Crippen LogP contribution in [0.15, 0.2) is 0 Å². The first-order valence-corrected chi connectivity index (χ1v) is 5.62. The lowest BCUT2D eigenvalue weighted by Crippen LogP contribution is -2.15. The summed E-state index contributed by atoms with van der Waals surface area (Å²) in [4.78, 5) is 10.9. The van der Waals surface area contributed by atoms with Gasteiger partial charge in [0.2, 0.25) is 0 Å². The van der Waals surface area contributed by atoms with E-state index >= 15 is 0 Å². The maximum absolute atomic E-state index is 10.9. The van der Waals surface area contributed by atoms with Crippen molar-refractivity contribution < 1.29 is 9.53 Å². The fourth-order valence-corrected chi connectivity index (χ4v) is 1.98. The Kier molecular flexibility index (Phi) is 3.05. The maximum Gasteiger partial charge on any atom is 0.172 e. The largest absolute Gasteiger partial charge is 0.375 e. The molecule has 88 valence electrons. The van der Waals surface area contributed by atoms with Crippen LogP contribution in [0.2, 0.25) is 0 Å². The molecule has 0 aliphatic heterocycles. The highest BCUT2D eigenvalue weighted by atomic mass is 16.5. The van der Waals surface area contributed by atoms with E-state index in [1.807, 2.05) is 11.6 Å². The fraction of sp³-hybridized carbons (Fsp3) is 0.727. The fourth-order valence-electron chi connectivity index (χ4n) is 1.98. The normalized spacial score (nSPS) is 19.4. The second-order valence-electron chi connectivity index (χ2n) is 4.38. The van der Waals surface area contributed by atoms with Crippen LogP contribution in [0, 0.1) is 5.92 Å². The van der Waals surface area contributed by atoms with Gasteiger partial charge >= 0.3 is 0 Å². The molecule has 0 spiro atoms. The van der Waals surface area contributed by atoms with Gasteiger partial charge in [-0.2, -0.15) is 0 Å². The van der Waals surface area contributed by atoms with Crippen LogP contribution >= 0.6 is 0 Å². The SMILES string of the molecule is COC(C)c1c(C=O)nnn1C(C)C1CC1. The molecule has 1 fully saturated rings. The summed E-state index contributed by atoms with van der Waals surface area (Å²) in [5.74, 6) is 0.670. The predicted octanol–water partition coefficient (Wildman–Crippen LogP) is 1.77. The Morgan fingerprint density at radius 3 is 2.69 bits per heavy atom. The molecule has 0 bridgehead atoms. The molecule has 16 heavy (non-hydrogen) atoms. The van der Waals surface area contributed by atoms with Gasteiger partial charge in [-0.3, -0.25) is 4.79 Å². The summed E-state index contributed by atoms with van der Waals surface area (Å²) < 4.78 is 7.11. The minimum absolute atomic E-state index is 0.156. The molecule has 2 rings (SSSR count). The van der Waals surface area contributed by atoms with Crippen LogP contribution < -0.4 is 0 Å². The second-order valence-corrected chi connectivity index (χ2v) is 4.38. The quantitative estimate of drug-likeness (QED) is 0.714. The smallest absolute Gasteiger partial charge is 0.172 e. The molecule has 0 saturated heterocycles. The molecule has 0 radical (unpaired) electrons. The van der Waals surface area contributed by atoms with Crippen molar-refractivity contribution in [1.82, 2.24) is 15.0 Å². The summed E-state index contributed by atoms with van der Waals surface area (Å²) in [6, 6.07) is 0.300. The number of aldehydes is 1. The summed E-state index contributed by atoms with van der Waals surface area (Å²) in [6.45, 7) is 4.02. The molecule has 1 saturated carbocycles. The molecule has 0 amide bonds. The number of hydrogen-bond acceptors (Lipinski definition) is 4. The van der Waals surface area contributed by atoms with Gasteiger partial charge in [-0.15, -0.1) is 5.10 Å². The number of ether oxygens (including phenoxy) is 1. The highest BCUT2D eigenvalue weighted by molar-refractivity contribution is 5.73. The van der Waals surface area contributed by atoms with Crippen molar-refractivity contribution in [3.63, 3.8) is 0 Å². The van der Waals surface area contributed by atoms with Crippen molar-refractivity contribution >= 4 is 6.29 Å². The van der Waals surface area contributed by atoms with Crippen LogP contribution in [-0.4, -0.2) is 28.4 Å². The van der Waals surface area contributed by atoms with Gasteiger partial charge in [0, 0.05) is 7.11 Å². The van der Waals surface area contributed by atoms with Crippen LogP contribution in [0.1, 0.15) is 55.0 Å². The molecule has 1 aliphatic carbocycles. The molecule has 1 heterocycles. The molecule has 2 atom stereocenters. The van der Waals surface area contributed by atoms with Crippen LogP contribution in [0.3, 0.4) is 0 Å². The molecule has 1 aliphatic rings. The average Bonchev–Trinajstić information content (AvgIpc) is 3.06. The molecule has 0 aromatic carbocycles. The van der Waals surface area contributed by atoms with E-state index in [2.05, 4.69) is 17.2 Å². The Balaban J connectivity index is 2.35. The first kappa shape index (κ1) is 11.3. The first-order valence-electron chi connectivity index (χ1n) is 5.62. The average molecular weight is 223 g/mol. The van der Waals surface area contributed by atoms with Gasteiger partial charge < -0.3 is 4.74 Å². The van der Waals surface area contributed by atoms with Gasteiger partial charge in [0.1, 0.15) is 0 Å². The maximum atomic E-state index is 10.9. The Hall–Kier alpha value is -1.23. The highest BCUT2D eigenvalue weighted by Gasteiger charge is 2.32. The van der Waals surface area contributed by atoms with Gasteiger partial charge in [-0.1, -0.05) is 5.21 Å². The number of rotatable bonds is 5. The molecule has 1 aromatic heterocycles. The molecule has 5 heteroatoms. The van der Waals surface area contributed by atoms with Crippen LogP contribution in [0.4, 0.5) is 0 Å². The summed E-state index contributed by atoms with van der Waals surface area (Å²) in [5, 5.41) is 7.97. The van der Waals surface area contributed by atoms with E-state index in [0.717, 1.165) is 12.0 Å². The summed E-state index contributed by atoms with van der Waals surface area (Å²) in [6.07, 6.45) is 3.06. The molecule has 0 N–H and O–H groups in total. The predicted molar refractivity (Wildman–Crippen MR) is 58.3 cm³/mol. The van der Waals surface area contributed by atoms with Crippen LogP contribution in [-0.2, 0) is 4.74 Å². The van der Waals surface area contributed by atoms with Crippen molar-refractivity contribution in [2.75, 3.05) is 7.11 Å². The zero-order valence-electron chi connectivity index (χ0n) is 9.88. The van der Waals surface area contributed by atoms with Crippen LogP contribution in [0.5, 0.6) is 0 Å². The zero-order chi connectivity index (χ0) is 11.7. The highest BCUT2D eigenvalue weighted by Crippen LogP contribution is 2.40. The van der Waals surface area contributed by atoms with Crippen molar-refractivity contribution in [3.05, 3.63) is 11.4 Å². The summed E-state index contributed by atoms with van der Waals surface area (Å²) in [7, 11) is 1.62. The third kappa shape index (κ3) is 1.87. The minimum atomic E-state index is -0.156. The topological polar surface area (TPSA) is 57.0 Å². The third-order valence-electron chi connectivity index (χ3n) is 3.30. The number of nitrogens with zero attached hydrogens (tertiary/aromatic N) is 3. The summed E-state index contributed by atoms with van der Waals surface area (Å²) >= 11 is 0. The number of aromatic nitrogens is 3. The Morgan fingerprint density at radius 1 is 1.50 bits per heavy atom. The monoisotopic (exact) mass is 223 g/mol. The van der Waals surface area contributed by atoms with Gasteiger partial charge in [0.25, 0.3) is 0 Å². The van der Waals surface area contributed by atoms with Gasteiger partial charge in [-0.25, -0.2) is 4.68 Å². The number of hydrogen-bond donors (Lipinski definition) is 0. The van der Waals surface area contributed by atoms with E-state index in [-0.39, 0.29) is 6.10 Å². The van der Waals surface area contributed by atoms with E-state index in [1.165, 1.54) is 12.8 Å². The standard InChI is InChI=1S/C11H17N3O2/c1-7(9-4-5-9)14-11(8(2)16-3)10(6-15)12-13-14/h6-9H,4-5H2,1-3H3. The molecular weight excluding hydrogens is 206 g/mol. The van der Waals surface area contributed by atoms with E-state index in [1.54, 1.807) is 7.11 Å². The van der Waals surface area contributed by atoms with Crippen LogP contribution in [0.25, 0.3) is 0 Å². The number of carbonyl (C=O) groups is 1. The first-order chi connectivity index (χ1) is 7.69. The molecule has 2 unspecified atom stereocenters. The lowest BCUT2D eigenvalue weighted by Gasteiger charge is -2.17.